The molecular formula is C65H50BBr2F10N11O5Pt. The second-order valence-corrected chi connectivity index (χ2v) is 21.3. The molecule has 0 amide bonds. The number of hydrogen-bond acceptors (Lipinski definition) is 16. The molecule has 95 heavy (non-hydrogen) atoms. The Hall–Kier alpha value is -8.54. The molecule has 11 heterocycles. The number of rotatable bonds is 14. The van der Waals surface area contributed by atoms with E-state index in [2.05, 4.69) is 98.8 Å². The van der Waals surface area contributed by atoms with Crippen molar-refractivity contribution in [1.82, 2.24) is 54.8 Å². The molecule has 11 rings (SSSR count). The van der Waals surface area contributed by atoms with Crippen molar-refractivity contribution < 1.29 is 89.2 Å². The molecule has 0 unspecified atom stereocenters. The van der Waals surface area contributed by atoms with Gasteiger partial charge in [-0.05, 0) is 155 Å². The average molecular weight is 1620 g/mol. The van der Waals surface area contributed by atoms with E-state index in [4.69, 9.17) is 24.3 Å². The van der Waals surface area contributed by atoms with Gasteiger partial charge >= 0.3 is 28.2 Å². The van der Waals surface area contributed by atoms with Crippen LogP contribution in [0.5, 0.6) is 0 Å². The molecule has 16 nitrogen and oxygen atoms in total. The first-order valence-electron chi connectivity index (χ1n) is 26.9. The van der Waals surface area contributed by atoms with Crippen molar-refractivity contribution in [3.05, 3.63) is 273 Å². The zero-order valence-corrected chi connectivity index (χ0v) is 54.9. The molecule has 0 saturated carbocycles. The summed E-state index contributed by atoms with van der Waals surface area (Å²) in [4.78, 5) is 42.2. The number of halogens is 12. The molecule has 0 aliphatic heterocycles. The quantitative estimate of drug-likeness (QED) is 0.0449. The fourth-order valence-corrected chi connectivity index (χ4v) is 9.36. The Morgan fingerprint density at radius 1 is 0.358 bits per heavy atom. The summed E-state index contributed by atoms with van der Waals surface area (Å²) in [5, 5.41) is 16.9. The standard InChI is InChI=1S/C23H16F4N4O.C23H14F4N4O.C13H12Br2N2O.C5H4BF2NO2.CH4.Pt/c2*1-23(32-2,17-7-3-5-15(28-17)13-9-11-19(24)30-21(13)26)18-8-4-6-16(29-18)14-10-12-20(25)31-22(14)27;1-13(18-2,9-5-3-7-11(14)16-9)10-6-4-8-12(15)17-10;7-4-2-1-3(6(10)11)5(8)9-4;;/h3-12H,1-2H3;3-8,11-12H,1-2H3;3-8H,1-2H3;1-2,10-11H;1H4;/q;-2;;;;+2. The summed E-state index contributed by atoms with van der Waals surface area (Å²) >= 11 is 6.75. The van der Waals surface area contributed by atoms with Gasteiger partial charge in [0.15, 0.2) is 0 Å². The first-order valence-corrected chi connectivity index (χ1v) is 28.5. The van der Waals surface area contributed by atoms with Crippen LogP contribution in [-0.4, -0.2) is 93.3 Å². The van der Waals surface area contributed by atoms with Gasteiger partial charge in [0.2, 0.25) is 35.7 Å². The minimum absolute atomic E-state index is 0. The van der Waals surface area contributed by atoms with Crippen molar-refractivity contribution in [3.63, 3.8) is 0 Å². The number of nitrogens with zero attached hydrogens (tertiary/aromatic N) is 11. The third-order valence-corrected chi connectivity index (χ3v) is 14.8. The molecule has 0 spiro atoms. The van der Waals surface area contributed by atoms with Gasteiger partial charge < -0.3 is 24.3 Å². The monoisotopic (exact) mass is 1620 g/mol. The first kappa shape index (κ1) is 75.5. The Bertz CT molecular complexity index is 4040. The third-order valence-electron chi connectivity index (χ3n) is 13.9. The van der Waals surface area contributed by atoms with Gasteiger partial charge in [0, 0.05) is 26.8 Å². The summed E-state index contributed by atoms with van der Waals surface area (Å²) in [6.45, 7) is 5.33. The second kappa shape index (κ2) is 33.2. The molecule has 0 radical (unpaired) electrons. The van der Waals surface area contributed by atoms with Gasteiger partial charge in [0.05, 0.1) is 56.7 Å². The SMILES string of the molecule is C.COC(C)(c1cccc(-c2[c-]cc(F)nc2F)n1)c1cccc(-c2[c-]cc(F)nc2F)n1.COC(C)(c1cccc(-c2ccc(F)nc2F)n1)c1cccc(-c2ccc(F)nc2F)n1.COC(C)(c1cccc(Br)n1)c1cccc(Br)n1.OB(O)c1ccc(F)nc1F.[Pt+2]. The fraction of sp³-hybridized carbons (Fsp3) is 0.154. The summed E-state index contributed by atoms with van der Waals surface area (Å²) in [5.41, 5.74) is 0.110. The summed E-state index contributed by atoms with van der Waals surface area (Å²) in [6, 6.07) is 43.9. The number of aromatic nitrogens is 11. The summed E-state index contributed by atoms with van der Waals surface area (Å²) in [6.07, 6.45) is 0. The summed E-state index contributed by atoms with van der Waals surface area (Å²) in [7, 11) is 2.58. The Morgan fingerprint density at radius 2 is 0.642 bits per heavy atom. The van der Waals surface area contributed by atoms with Gasteiger partial charge in [-0.15, -0.1) is 12.1 Å². The molecule has 0 aliphatic rings. The number of hydrogen-bond donors (Lipinski definition) is 2. The van der Waals surface area contributed by atoms with Gasteiger partial charge in [-0.2, -0.15) is 41.3 Å². The summed E-state index contributed by atoms with van der Waals surface area (Å²) < 4.78 is 152. The number of methoxy groups -OCH3 is 3. The van der Waals surface area contributed by atoms with E-state index >= 15 is 0 Å². The van der Waals surface area contributed by atoms with Crippen molar-refractivity contribution >= 4 is 44.4 Å². The normalized spacial score (nSPS) is 11.1. The van der Waals surface area contributed by atoms with E-state index in [9.17, 15) is 43.9 Å². The Balaban J connectivity index is 0.000000213. The number of pyridine rings is 11. The molecule has 0 aliphatic carbocycles. The van der Waals surface area contributed by atoms with E-state index in [1.54, 1.807) is 81.6 Å². The van der Waals surface area contributed by atoms with E-state index in [1.165, 1.54) is 38.5 Å². The van der Waals surface area contributed by atoms with Crippen molar-refractivity contribution in [2.24, 2.45) is 0 Å². The molecule has 11 aromatic rings. The molecule has 0 atom stereocenters. The van der Waals surface area contributed by atoms with Crippen molar-refractivity contribution in [2.75, 3.05) is 21.3 Å². The van der Waals surface area contributed by atoms with Crippen LogP contribution in [0.3, 0.4) is 0 Å². The Labute approximate surface area is 569 Å². The van der Waals surface area contributed by atoms with Crippen LogP contribution < -0.4 is 5.46 Å². The molecule has 492 valence electrons. The maximum Gasteiger partial charge on any atom is 2.00 e. The van der Waals surface area contributed by atoms with Crippen molar-refractivity contribution in [2.45, 2.75) is 45.0 Å². The van der Waals surface area contributed by atoms with E-state index in [-0.39, 0.29) is 73.5 Å². The molecule has 0 saturated heterocycles. The molecule has 11 aromatic heterocycles. The minimum Gasteiger partial charge on any atom is -0.423 e. The van der Waals surface area contributed by atoms with Gasteiger partial charge in [-0.1, -0.05) is 85.3 Å². The van der Waals surface area contributed by atoms with Crippen LogP contribution in [0.1, 0.15) is 62.4 Å². The predicted octanol–water partition coefficient (Wildman–Crippen LogP) is 13.3. The van der Waals surface area contributed by atoms with Gasteiger partial charge in [0.1, 0.15) is 49.8 Å². The Kier molecular flexibility index (Phi) is 26.4. The predicted molar refractivity (Wildman–Crippen MR) is 332 cm³/mol. The van der Waals surface area contributed by atoms with E-state index in [0.29, 0.717) is 22.8 Å². The van der Waals surface area contributed by atoms with Crippen LogP contribution in [0.25, 0.3) is 45.0 Å². The smallest absolute Gasteiger partial charge is 0.423 e. The molecule has 30 heteroatoms. The van der Waals surface area contributed by atoms with Crippen LogP contribution in [-0.2, 0) is 52.1 Å². The Morgan fingerprint density at radius 3 is 0.937 bits per heavy atom. The van der Waals surface area contributed by atoms with Gasteiger partial charge in [-0.3, -0.25) is 19.9 Å². The maximum atomic E-state index is 14.2. The van der Waals surface area contributed by atoms with E-state index in [1.807, 2.05) is 43.3 Å². The van der Waals surface area contributed by atoms with Crippen LogP contribution in [0.4, 0.5) is 43.9 Å². The van der Waals surface area contributed by atoms with Crippen LogP contribution in [0.15, 0.2) is 167 Å². The zero-order valence-electron chi connectivity index (χ0n) is 49.5. The maximum absolute atomic E-state index is 14.2. The molecule has 0 bridgehead atoms. The number of ether oxygens (including phenoxy) is 3. The van der Waals surface area contributed by atoms with Crippen LogP contribution >= 0.6 is 31.9 Å². The van der Waals surface area contributed by atoms with Gasteiger partial charge in [-0.25, -0.2) is 37.5 Å². The second-order valence-electron chi connectivity index (χ2n) is 19.6. The van der Waals surface area contributed by atoms with E-state index < -0.39 is 88.9 Å². The topological polar surface area (TPSA) is 210 Å². The molecule has 0 aromatic carbocycles. The minimum atomic E-state index is -1.96. The zero-order chi connectivity index (χ0) is 67.4. The largest absolute Gasteiger partial charge is 2.00 e. The first-order chi connectivity index (χ1) is 44.3. The fourth-order valence-electron chi connectivity index (χ4n) is 8.68. The van der Waals surface area contributed by atoms with Crippen LogP contribution in [0.2, 0.25) is 0 Å². The van der Waals surface area contributed by atoms with E-state index in [0.717, 1.165) is 57.0 Å². The molecular weight excluding hydrogens is 1570 g/mol. The van der Waals surface area contributed by atoms with Gasteiger partial charge in [0.25, 0.3) is 0 Å². The van der Waals surface area contributed by atoms with Crippen molar-refractivity contribution in [3.8, 4) is 45.0 Å². The van der Waals surface area contributed by atoms with Crippen LogP contribution in [0, 0.1) is 71.6 Å². The third kappa shape index (κ3) is 18.1. The average Bonchev–Trinajstić information content (AvgIpc) is 0.846. The molecule has 2 N–H and O–H groups in total. The summed E-state index contributed by atoms with van der Waals surface area (Å²) in [5.74, 6) is -10.2. The van der Waals surface area contributed by atoms with Crippen molar-refractivity contribution in [1.29, 1.82) is 0 Å². The molecule has 0 fully saturated rings.